The van der Waals surface area contributed by atoms with Gasteiger partial charge in [0.15, 0.2) is 0 Å². The topological polar surface area (TPSA) is 29.9 Å². The molecule has 0 spiro atoms. The third-order valence-electron chi connectivity index (χ3n) is 4.24. The first-order chi connectivity index (χ1) is 7.84. The molecule has 3 heteroatoms. The minimum Gasteiger partial charge on any atom is -0.331 e. The molecule has 3 nitrogen and oxygen atoms in total. The largest absolute Gasteiger partial charge is 0.331 e. The first-order valence-corrected chi connectivity index (χ1v) is 6.57. The summed E-state index contributed by atoms with van der Waals surface area (Å²) >= 11 is 0. The van der Waals surface area contributed by atoms with Crippen molar-refractivity contribution in [3.8, 4) is 0 Å². The number of nitrogens with one attached hydrogen (secondary N) is 1. The molecule has 2 aliphatic rings. The molecule has 16 heavy (non-hydrogen) atoms. The number of hydrogen-bond donors (Lipinski definition) is 1. The molecule has 0 radical (unpaired) electrons. The summed E-state index contributed by atoms with van der Waals surface area (Å²) in [6.07, 6.45) is 9.46. The average Bonchev–Trinajstić information content (AvgIpc) is 2.96. The lowest BCUT2D eigenvalue weighted by Gasteiger charge is -2.18. The van der Waals surface area contributed by atoms with Crippen LogP contribution in [0.25, 0.3) is 0 Å². The SMILES string of the molecule is CC1CCC(n2cncc2C2CCNC2)C1. The van der Waals surface area contributed by atoms with Gasteiger partial charge in [-0.3, -0.25) is 0 Å². The Balaban J connectivity index is 1.81. The molecule has 1 aliphatic heterocycles. The van der Waals surface area contributed by atoms with Gasteiger partial charge in [-0.15, -0.1) is 0 Å². The smallest absolute Gasteiger partial charge is 0.0950 e. The van der Waals surface area contributed by atoms with Gasteiger partial charge in [0, 0.05) is 30.4 Å². The molecular weight excluding hydrogens is 198 g/mol. The van der Waals surface area contributed by atoms with Crippen molar-refractivity contribution in [2.45, 2.75) is 44.6 Å². The molecule has 0 aromatic carbocycles. The molecule has 2 heterocycles. The third-order valence-corrected chi connectivity index (χ3v) is 4.24. The zero-order valence-electron chi connectivity index (χ0n) is 10.0. The highest BCUT2D eigenvalue weighted by Crippen LogP contribution is 2.36. The Morgan fingerprint density at radius 1 is 1.38 bits per heavy atom. The van der Waals surface area contributed by atoms with E-state index in [-0.39, 0.29) is 0 Å². The van der Waals surface area contributed by atoms with Crippen molar-refractivity contribution in [1.29, 1.82) is 0 Å². The number of rotatable bonds is 2. The summed E-state index contributed by atoms with van der Waals surface area (Å²) in [6, 6.07) is 0.716. The minimum absolute atomic E-state index is 0.693. The summed E-state index contributed by atoms with van der Waals surface area (Å²) in [5.74, 6) is 1.58. The Labute approximate surface area is 97.3 Å². The molecule has 1 saturated heterocycles. The molecular formula is C13H21N3. The molecule has 0 amide bonds. The Kier molecular flexibility index (Phi) is 2.72. The zero-order chi connectivity index (χ0) is 11.0. The second kappa shape index (κ2) is 4.21. The van der Waals surface area contributed by atoms with E-state index < -0.39 is 0 Å². The van der Waals surface area contributed by atoms with Crippen molar-refractivity contribution >= 4 is 0 Å². The number of imidazole rings is 1. The van der Waals surface area contributed by atoms with Crippen molar-refractivity contribution in [2.75, 3.05) is 13.1 Å². The number of hydrogen-bond acceptors (Lipinski definition) is 2. The second-order valence-electron chi connectivity index (χ2n) is 5.49. The molecule has 1 aromatic rings. The Morgan fingerprint density at radius 3 is 3.00 bits per heavy atom. The molecule has 88 valence electrons. The standard InChI is InChI=1S/C13H21N3/c1-10-2-3-12(6-10)16-9-15-8-13(16)11-4-5-14-7-11/h8-12,14H,2-7H2,1H3. The van der Waals surface area contributed by atoms with Crippen LogP contribution in [0, 0.1) is 5.92 Å². The van der Waals surface area contributed by atoms with Crippen LogP contribution in [0.4, 0.5) is 0 Å². The van der Waals surface area contributed by atoms with Crippen LogP contribution in [0.5, 0.6) is 0 Å². The highest BCUT2D eigenvalue weighted by Gasteiger charge is 2.27. The average molecular weight is 219 g/mol. The summed E-state index contributed by atoms with van der Waals surface area (Å²) in [5.41, 5.74) is 1.46. The lowest BCUT2D eigenvalue weighted by molar-refractivity contribution is 0.468. The molecule has 1 saturated carbocycles. The summed E-state index contributed by atoms with van der Waals surface area (Å²) in [4.78, 5) is 4.37. The van der Waals surface area contributed by atoms with Crippen LogP contribution in [0.15, 0.2) is 12.5 Å². The maximum absolute atomic E-state index is 4.37. The second-order valence-corrected chi connectivity index (χ2v) is 5.49. The van der Waals surface area contributed by atoms with Gasteiger partial charge in [0.2, 0.25) is 0 Å². The van der Waals surface area contributed by atoms with E-state index in [4.69, 9.17) is 0 Å². The third kappa shape index (κ3) is 1.77. The highest BCUT2D eigenvalue weighted by molar-refractivity contribution is 5.11. The van der Waals surface area contributed by atoms with Crippen LogP contribution < -0.4 is 5.32 Å². The van der Waals surface area contributed by atoms with Gasteiger partial charge in [0.25, 0.3) is 0 Å². The number of aromatic nitrogens is 2. The van der Waals surface area contributed by atoms with E-state index in [1.165, 1.54) is 31.4 Å². The van der Waals surface area contributed by atoms with E-state index in [0.717, 1.165) is 19.0 Å². The predicted octanol–water partition coefficient (Wildman–Crippen LogP) is 2.32. The predicted molar refractivity (Wildman–Crippen MR) is 64.5 cm³/mol. The molecule has 2 fully saturated rings. The molecule has 3 unspecified atom stereocenters. The summed E-state index contributed by atoms with van der Waals surface area (Å²) < 4.78 is 2.46. The van der Waals surface area contributed by atoms with Crippen LogP contribution in [-0.2, 0) is 0 Å². The van der Waals surface area contributed by atoms with Gasteiger partial charge in [0.05, 0.1) is 6.33 Å². The molecule has 0 bridgehead atoms. The normalized spacial score (nSPS) is 34.7. The van der Waals surface area contributed by atoms with Crippen LogP contribution >= 0.6 is 0 Å². The van der Waals surface area contributed by atoms with Crippen molar-refractivity contribution < 1.29 is 0 Å². The molecule has 1 N–H and O–H groups in total. The van der Waals surface area contributed by atoms with Crippen LogP contribution in [0.2, 0.25) is 0 Å². The van der Waals surface area contributed by atoms with E-state index in [1.54, 1.807) is 0 Å². The van der Waals surface area contributed by atoms with E-state index in [2.05, 4.69) is 34.3 Å². The molecule has 3 rings (SSSR count). The zero-order valence-corrected chi connectivity index (χ0v) is 10.0. The molecule has 1 aliphatic carbocycles. The van der Waals surface area contributed by atoms with Gasteiger partial charge in [-0.2, -0.15) is 0 Å². The van der Waals surface area contributed by atoms with Gasteiger partial charge in [0.1, 0.15) is 0 Å². The Morgan fingerprint density at radius 2 is 2.31 bits per heavy atom. The van der Waals surface area contributed by atoms with Gasteiger partial charge in [-0.1, -0.05) is 6.92 Å². The quantitative estimate of drug-likeness (QED) is 0.827. The minimum atomic E-state index is 0.693. The maximum Gasteiger partial charge on any atom is 0.0950 e. The van der Waals surface area contributed by atoms with E-state index in [0.29, 0.717) is 12.0 Å². The maximum atomic E-state index is 4.37. The van der Waals surface area contributed by atoms with Crippen molar-refractivity contribution in [3.63, 3.8) is 0 Å². The summed E-state index contributed by atoms with van der Waals surface area (Å²) in [6.45, 7) is 4.67. The van der Waals surface area contributed by atoms with Crippen molar-refractivity contribution in [1.82, 2.24) is 14.9 Å². The molecule has 3 atom stereocenters. The lowest BCUT2D eigenvalue weighted by Crippen LogP contribution is -2.14. The fourth-order valence-electron chi connectivity index (χ4n) is 3.27. The van der Waals surface area contributed by atoms with E-state index in [1.807, 2.05) is 0 Å². The van der Waals surface area contributed by atoms with Gasteiger partial charge < -0.3 is 9.88 Å². The fourth-order valence-corrected chi connectivity index (χ4v) is 3.27. The highest BCUT2D eigenvalue weighted by atomic mass is 15.1. The summed E-state index contributed by atoms with van der Waals surface area (Å²) in [7, 11) is 0. The summed E-state index contributed by atoms with van der Waals surface area (Å²) in [5, 5.41) is 3.45. The monoisotopic (exact) mass is 219 g/mol. The lowest BCUT2D eigenvalue weighted by atomic mass is 10.0. The number of nitrogens with zero attached hydrogens (tertiary/aromatic N) is 2. The van der Waals surface area contributed by atoms with Crippen molar-refractivity contribution in [2.24, 2.45) is 5.92 Å². The van der Waals surface area contributed by atoms with Gasteiger partial charge in [-0.25, -0.2) is 4.98 Å². The van der Waals surface area contributed by atoms with Crippen molar-refractivity contribution in [3.05, 3.63) is 18.2 Å². The van der Waals surface area contributed by atoms with Gasteiger partial charge >= 0.3 is 0 Å². The van der Waals surface area contributed by atoms with Crippen LogP contribution in [-0.4, -0.2) is 22.6 Å². The van der Waals surface area contributed by atoms with Crippen LogP contribution in [0.1, 0.15) is 50.3 Å². The van der Waals surface area contributed by atoms with E-state index >= 15 is 0 Å². The first-order valence-electron chi connectivity index (χ1n) is 6.57. The first kappa shape index (κ1) is 10.3. The Hall–Kier alpha value is -0.830. The van der Waals surface area contributed by atoms with Crippen LogP contribution in [0.3, 0.4) is 0 Å². The molecule has 1 aromatic heterocycles. The van der Waals surface area contributed by atoms with Gasteiger partial charge in [-0.05, 0) is 38.1 Å². The Bertz CT molecular complexity index is 352. The fraction of sp³-hybridized carbons (Fsp3) is 0.769. The van der Waals surface area contributed by atoms with E-state index in [9.17, 15) is 0 Å².